The Labute approximate surface area is 151 Å². The molecule has 0 unspecified atom stereocenters. The second kappa shape index (κ2) is 7.99. The number of rotatable bonds is 5. The summed E-state index contributed by atoms with van der Waals surface area (Å²) >= 11 is 13.0. The molecule has 0 radical (unpaired) electrons. The van der Waals surface area contributed by atoms with Crippen LogP contribution in [0, 0.1) is 0 Å². The Kier molecular flexibility index (Phi) is 6.29. The van der Waals surface area contributed by atoms with Gasteiger partial charge in [-0.1, -0.05) is 73.8 Å². The van der Waals surface area contributed by atoms with Crippen molar-refractivity contribution in [3.63, 3.8) is 0 Å². The van der Waals surface area contributed by atoms with Gasteiger partial charge in [-0.2, -0.15) is 0 Å². The zero-order valence-electron chi connectivity index (χ0n) is 11.7. The smallest absolute Gasteiger partial charge is 0.239 e. The summed E-state index contributed by atoms with van der Waals surface area (Å²) in [6.07, 6.45) is 0. The number of amides is 1. The number of carbonyl (C=O) groups excluding carboxylic acids is 1. The minimum atomic E-state index is -0.446. The topological polar surface area (TPSA) is 38.3 Å². The molecule has 0 aliphatic carbocycles. The standard InChI is InChI=1S/C16H14Br2ClNO2/c1-22-13-8-7-11(19)9-12(13)20-16(21)15(18)14(17)10-5-3-2-4-6-10/h2-9,14-15H,1H3,(H,20,21)/t14-,15-/m1/s1. The highest BCUT2D eigenvalue weighted by molar-refractivity contribution is 9.12. The fourth-order valence-corrected chi connectivity index (χ4v) is 3.06. The quantitative estimate of drug-likeness (QED) is 0.641. The number of hydrogen-bond donors (Lipinski definition) is 1. The van der Waals surface area contributed by atoms with E-state index >= 15 is 0 Å². The molecule has 116 valence electrons. The summed E-state index contributed by atoms with van der Waals surface area (Å²) in [5.41, 5.74) is 1.55. The maximum absolute atomic E-state index is 12.4. The van der Waals surface area contributed by atoms with E-state index in [2.05, 4.69) is 37.2 Å². The molecule has 0 aliphatic heterocycles. The number of hydrogen-bond acceptors (Lipinski definition) is 2. The van der Waals surface area contributed by atoms with E-state index in [0.717, 1.165) is 5.56 Å². The molecule has 0 fully saturated rings. The molecule has 0 saturated heterocycles. The van der Waals surface area contributed by atoms with Gasteiger partial charge in [-0.15, -0.1) is 0 Å². The number of ether oxygens (including phenoxy) is 1. The van der Waals surface area contributed by atoms with Crippen LogP contribution in [0.25, 0.3) is 0 Å². The van der Waals surface area contributed by atoms with Crippen molar-refractivity contribution in [2.24, 2.45) is 0 Å². The third-order valence-corrected chi connectivity index (χ3v) is 5.99. The van der Waals surface area contributed by atoms with Crippen LogP contribution in [0.4, 0.5) is 5.69 Å². The molecule has 0 bridgehead atoms. The van der Waals surface area contributed by atoms with E-state index in [-0.39, 0.29) is 10.7 Å². The highest BCUT2D eigenvalue weighted by atomic mass is 79.9. The summed E-state index contributed by atoms with van der Waals surface area (Å²) < 4.78 is 5.23. The number of nitrogens with one attached hydrogen (secondary N) is 1. The molecule has 2 aromatic rings. The van der Waals surface area contributed by atoms with Crippen LogP contribution in [0.5, 0.6) is 5.75 Å². The Balaban J connectivity index is 2.13. The number of methoxy groups -OCH3 is 1. The number of halogens is 3. The van der Waals surface area contributed by atoms with Crippen LogP contribution in [0.3, 0.4) is 0 Å². The summed E-state index contributed by atoms with van der Waals surface area (Å²) in [7, 11) is 1.54. The van der Waals surface area contributed by atoms with Gasteiger partial charge in [-0.05, 0) is 23.8 Å². The molecule has 6 heteroatoms. The third kappa shape index (κ3) is 4.24. The molecule has 2 rings (SSSR count). The van der Waals surface area contributed by atoms with Crippen molar-refractivity contribution in [3.8, 4) is 5.75 Å². The largest absolute Gasteiger partial charge is 0.495 e. The monoisotopic (exact) mass is 445 g/mol. The predicted octanol–water partition coefficient (Wildman–Crippen LogP) is 5.19. The van der Waals surface area contributed by atoms with Gasteiger partial charge in [0.2, 0.25) is 5.91 Å². The van der Waals surface area contributed by atoms with Gasteiger partial charge in [0.05, 0.1) is 17.6 Å². The molecular weight excluding hydrogens is 433 g/mol. The van der Waals surface area contributed by atoms with Crippen molar-refractivity contribution < 1.29 is 9.53 Å². The Hall–Kier alpha value is -1.04. The molecule has 0 aliphatic rings. The van der Waals surface area contributed by atoms with Gasteiger partial charge >= 0.3 is 0 Å². The average molecular weight is 448 g/mol. The maximum Gasteiger partial charge on any atom is 0.239 e. The summed E-state index contributed by atoms with van der Waals surface area (Å²) in [6, 6.07) is 14.8. The van der Waals surface area contributed by atoms with E-state index in [0.29, 0.717) is 16.5 Å². The van der Waals surface area contributed by atoms with Gasteiger partial charge in [0.1, 0.15) is 10.6 Å². The van der Waals surface area contributed by atoms with Crippen LogP contribution in [-0.4, -0.2) is 17.8 Å². The van der Waals surface area contributed by atoms with Gasteiger partial charge < -0.3 is 10.1 Å². The Morgan fingerprint density at radius 3 is 2.50 bits per heavy atom. The van der Waals surface area contributed by atoms with E-state index in [1.54, 1.807) is 25.3 Å². The molecule has 0 aromatic heterocycles. The first-order valence-electron chi connectivity index (χ1n) is 6.50. The van der Waals surface area contributed by atoms with E-state index in [1.165, 1.54) is 0 Å². The normalized spacial score (nSPS) is 13.3. The first kappa shape index (κ1) is 17.3. The maximum atomic E-state index is 12.4. The van der Waals surface area contributed by atoms with Crippen LogP contribution in [0.2, 0.25) is 5.02 Å². The van der Waals surface area contributed by atoms with Gasteiger partial charge in [0, 0.05) is 5.02 Å². The van der Waals surface area contributed by atoms with Crippen LogP contribution in [0.15, 0.2) is 48.5 Å². The van der Waals surface area contributed by atoms with Crippen LogP contribution < -0.4 is 10.1 Å². The van der Waals surface area contributed by atoms with Crippen molar-refractivity contribution in [1.82, 2.24) is 0 Å². The Morgan fingerprint density at radius 2 is 1.86 bits per heavy atom. The fourth-order valence-electron chi connectivity index (χ4n) is 1.92. The minimum Gasteiger partial charge on any atom is -0.495 e. The molecule has 0 heterocycles. The Morgan fingerprint density at radius 1 is 1.18 bits per heavy atom. The highest BCUT2D eigenvalue weighted by Gasteiger charge is 2.25. The van der Waals surface area contributed by atoms with Crippen molar-refractivity contribution in [1.29, 1.82) is 0 Å². The van der Waals surface area contributed by atoms with Crippen molar-refractivity contribution in [2.75, 3.05) is 12.4 Å². The van der Waals surface area contributed by atoms with Crippen LogP contribution >= 0.6 is 43.5 Å². The zero-order valence-corrected chi connectivity index (χ0v) is 15.7. The molecule has 1 amide bonds. The van der Waals surface area contributed by atoms with E-state index in [9.17, 15) is 4.79 Å². The molecule has 22 heavy (non-hydrogen) atoms. The van der Waals surface area contributed by atoms with Crippen LogP contribution in [-0.2, 0) is 4.79 Å². The molecular formula is C16H14Br2ClNO2. The highest BCUT2D eigenvalue weighted by Crippen LogP contribution is 2.33. The molecule has 2 atom stereocenters. The van der Waals surface area contributed by atoms with Crippen molar-refractivity contribution in [2.45, 2.75) is 9.65 Å². The van der Waals surface area contributed by atoms with Gasteiger partial charge in [-0.25, -0.2) is 0 Å². The van der Waals surface area contributed by atoms with Gasteiger partial charge in [0.25, 0.3) is 0 Å². The lowest BCUT2D eigenvalue weighted by atomic mass is 10.1. The molecule has 1 N–H and O–H groups in total. The van der Waals surface area contributed by atoms with Gasteiger partial charge in [-0.3, -0.25) is 4.79 Å². The lowest BCUT2D eigenvalue weighted by molar-refractivity contribution is -0.115. The third-order valence-electron chi connectivity index (χ3n) is 3.04. The minimum absolute atomic E-state index is 0.154. The number of carbonyl (C=O) groups is 1. The van der Waals surface area contributed by atoms with E-state index in [4.69, 9.17) is 16.3 Å². The Bertz CT molecular complexity index is 652. The fraction of sp³-hybridized carbons (Fsp3) is 0.188. The summed E-state index contributed by atoms with van der Waals surface area (Å²) in [5, 5.41) is 3.36. The lowest BCUT2D eigenvalue weighted by Crippen LogP contribution is -2.26. The molecule has 2 aromatic carbocycles. The van der Waals surface area contributed by atoms with Gasteiger partial charge in [0.15, 0.2) is 0 Å². The molecule has 3 nitrogen and oxygen atoms in total. The predicted molar refractivity (Wildman–Crippen MR) is 97.5 cm³/mol. The summed E-state index contributed by atoms with van der Waals surface area (Å²) in [4.78, 5) is 11.8. The van der Waals surface area contributed by atoms with Crippen LogP contribution in [0.1, 0.15) is 10.4 Å². The molecule has 0 spiro atoms. The average Bonchev–Trinajstić information content (AvgIpc) is 2.54. The zero-order chi connectivity index (χ0) is 16.1. The summed E-state index contributed by atoms with van der Waals surface area (Å²) in [6.45, 7) is 0. The number of alkyl halides is 2. The summed E-state index contributed by atoms with van der Waals surface area (Å²) in [5.74, 6) is 0.370. The van der Waals surface area contributed by atoms with E-state index in [1.807, 2.05) is 30.3 Å². The number of benzene rings is 2. The second-order valence-electron chi connectivity index (χ2n) is 4.55. The first-order chi connectivity index (χ1) is 10.5. The molecule has 0 saturated carbocycles. The SMILES string of the molecule is COc1ccc(Cl)cc1NC(=O)[C@H](Br)[C@H](Br)c1ccccc1. The number of anilines is 1. The lowest BCUT2D eigenvalue weighted by Gasteiger charge is -2.18. The van der Waals surface area contributed by atoms with Crippen molar-refractivity contribution in [3.05, 3.63) is 59.1 Å². The van der Waals surface area contributed by atoms with Crippen molar-refractivity contribution >= 4 is 55.1 Å². The first-order valence-corrected chi connectivity index (χ1v) is 8.71. The second-order valence-corrected chi connectivity index (χ2v) is 6.96. The van der Waals surface area contributed by atoms with E-state index < -0.39 is 4.83 Å².